The van der Waals surface area contributed by atoms with Gasteiger partial charge in [0.15, 0.2) is 0 Å². The third kappa shape index (κ3) is 3.02. The number of nitrogens with one attached hydrogen (secondary N) is 1. The molecule has 0 radical (unpaired) electrons. The maximum atomic E-state index is 3.61. The van der Waals surface area contributed by atoms with Crippen molar-refractivity contribution in [1.82, 2.24) is 5.32 Å². The number of thioether (sulfide) groups is 1. The number of rotatable bonds is 5. The molecule has 1 aliphatic carbocycles. The third-order valence-electron chi connectivity index (χ3n) is 3.43. The standard InChI is InChI=1S/C14H21NS/c1-11-3-5-12(6-4-11)13-9-14(10-13)15-7-8-16-2/h3-6,13-15H,7-10H2,1-2H3. The Balaban J connectivity index is 1.73. The molecule has 0 unspecified atom stereocenters. The summed E-state index contributed by atoms with van der Waals surface area (Å²) in [5.41, 5.74) is 2.88. The summed E-state index contributed by atoms with van der Waals surface area (Å²) < 4.78 is 0. The van der Waals surface area contributed by atoms with E-state index in [2.05, 4.69) is 42.8 Å². The summed E-state index contributed by atoms with van der Waals surface area (Å²) in [6, 6.07) is 9.79. The van der Waals surface area contributed by atoms with Crippen molar-refractivity contribution in [1.29, 1.82) is 0 Å². The van der Waals surface area contributed by atoms with Gasteiger partial charge in [-0.1, -0.05) is 29.8 Å². The van der Waals surface area contributed by atoms with E-state index < -0.39 is 0 Å². The smallest absolute Gasteiger partial charge is 0.00790 e. The molecule has 0 heterocycles. The first-order valence-electron chi connectivity index (χ1n) is 6.08. The van der Waals surface area contributed by atoms with E-state index in [1.807, 2.05) is 11.8 Å². The molecule has 1 nitrogen and oxygen atoms in total. The maximum Gasteiger partial charge on any atom is 0.00790 e. The van der Waals surface area contributed by atoms with Gasteiger partial charge < -0.3 is 5.32 Å². The molecule has 1 N–H and O–H groups in total. The molecule has 1 aliphatic rings. The molecule has 1 aromatic carbocycles. The number of aryl methyl sites for hydroxylation is 1. The highest BCUT2D eigenvalue weighted by atomic mass is 32.2. The second-order valence-corrected chi connectivity index (χ2v) is 5.71. The Morgan fingerprint density at radius 2 is 1.94 bits per heavy atom. The Labute approximate surface area is 103 Å². The Kier molecular flexibility index (Phi) is 4.30. The predicted molar refractivity (Wildman–Crippen MR) is 73.3 cm³/mol. The molecule has 0 amide bonds. The van der Waals surface area contributed by atoms with Gasteiger partial charge >= 0.3 is 0 Å². The molecule has 0 aromatic heterocycles. The van der Waals surface area contributed by atoms with Crippen LogP contribution in [0.15, 0.2) is 24.3 Å². The van der Waals surface area contributed by atoms with E-state index >= 15 is 0 Å². The SMILES string of the molecule is CSCCNC1CC(c2ccc(C)cc2)C1. The molecule has 0 aliphatic heterocycles. The van der Waals surface area contributed by atoms with E-state index in [1.165, 1.54) is 29.7 Å². The van der Waals surface area contributed by atoms with Gasteiger partial charge in [0.05, 0.1) is 0 Å². The van der Waals surface area contributed by atoms with E-state index in [1.54, 1.807) is 0 Å². The second-order valence-electron chi connectivity index (χ2n) is 4.72. The molecule has 0 atom stereocenters. The summed E-state index contributed by atoms with van der Waals surface area (Å²) in [6.07, 6.45) is 4.80. The van der Waals surface area contributed by atoms with Crippen LogP contribution in [0.1, 0.15) is 29.9 Å². The van der Waals surface area contributed by atoms with Crippen LogP contribution in [0, 0.1) is 6.92 Å². The average Bonchev–Trinajstić information content (AvgIpc) is 2.23. The highest BCUT2D eigenvalue weighted by molar-refractivity contribution is 7.98. The van der Waals surface area contributed by atoms with E-state index in [0.29, 0.717) is 0 Å². The van der Waals surface area contributed by atoms with E-state index in [0.717, 1.165) is 18.5 Å². The van der Waals surface area contributed by atoms with Crippen molar-refractivity contribution in [3.05, 3.63) is 35.4 Å². The lowest BCUT2D eigenvalue weighted by Crippen LogP contribution is -2.41. The van der Waals surface area contributed by atoms with Crippen LogP contribution < -0.4 is 5.32 Å². The fourth-order valence-electron chi connectivity index (χ4n) is 2.26. The molecule has 0 bridgehead atoms. The van der Waals surface area contributed by atoms with Crippen molar-refractivity contribution < 1.29 is 0 Å². The first-order valence-corrected chi connectivity index (χ1v) is 7.48. The number of hydrogen-bond acceptors (Lipinski definition) is 2. The summed E-state index contributed by atoms with van der Waals surface area (Å²) >= 11 is 1.91. The fraction of sp³-hybridized carbons (Fsp3) is 0.571. The van der Waals surface area contributed by atoms with Gasteiger partial charge in [-0.2, -0.15) is 11.8 Å². The molecule has 2 heteroatoms. The van der Waals surface area contributed by atoms with E-state index in [-0.39, 0.29) is 0 Å². The Bertz CT molecular complexity index is 314. The van der Waals surface area contributed by atoms with Crippen LogP contribution in [0.3, 0.4) is 0 Å². The van der Waals surface area contributed by atoms with Crippen molar-refractivity contribution in [3.63, 3.8) is 0 Å². The fourth-order valence-corrected chi connectivity index (χ4v) is 2.58. The number of benzene rings is 1. The lowest BCUT2D eigenvalue weighted by atomic mass is 9.76. The summed E-state index contributed by atoms with van der Waals surface area (Å²) in [7, 11) is 0. The Morgan fingerprint density at radius 3 is 2.56 bits per heavy atom. The maximum absolute atomic E-state index is 3.61. The van der Waals surface area contributed by atoms with Crippen molar-refractivity contribution in [2.45, 2.75) is 31.7 Å². The zero-order valence-electron chi connectivity index (χ0n) is 10.2. The minimum absolute atomic E-state index is 0.762. The first kappa shape index (κ1) is 12.0. The largest absolute Gasteiger partial charge is 0.313 e. The van der Waals surface area contributed by atoms with Crippen LogP contribution in [-0.2, 0) is 0 Å². The van der Waals surface area contributed by atoms with Crippen LogP contribution in [0.4, 0.5) is 0 Å². The average molecular weight is 235 g/mol. The summed E-state index contributed by atoms with van der Waals surface area (Å²) in [4.78, 5) is 0. The first-order chi connectivity index (χ1) is 7.79. The molecule has 1 fully saturated rings. The van der Waals surface area contributed by atoms with Gasteiger partial charge in [-0.3, -0.25) is 0 Å². The zero-order chi connectivity index (χ0) is 11.4. The van der Waals surface area contributed by atoms with Crippen LogP contribution in [0.25, 0.3) is 0 Å². The van der Waals surface area contributed by atoms with E-state index in [4.69, 9.17) is 0 Å². The molecule has 16 heavy (non-hydrogen) atoms. The van der Waals surface area contributed by atoms with Gasteiger partial charge in [0.1, 0.15) is 0 Å². The van der Waals surface area contributed by atoms with Gasteiger partial charge in [-0.15, -0.1) is 0 Å². The molecule has 0 spiro atoms. The zero-order valence-corrected chi connectivity index (χ0v) is 11.0. The van der Waals surface area contributed by atoms with E-state index in [9.17, 15) is 0 Å². The van der Waals surface area contributed by atoms with Crippen LogP contribution in [0.5, 0.6) is 0 Å². The van der Waals surface area contributed by atoms with Gasteiger partial charge in [-0.25, -0.2) is 0 Å². The van der Waals surface area contributed by atoms with Crippen LogP contribution in [0.2, 0.25) is 0 Å². The van der Waals surface area contributed by atoms with Gasteiger partial charge in [0.25, 0.3) is 0 Å². The van der Waals surface area contributed by atoms with Gasteiger partial charge in [-0.05, 0) is 37.5 Å². The Hall–Kier alpha value is -0.470. The normalized spacial score (nSPS) is 24.1. The molecular weight excluding hydrogens is 214 g/mol. The minimum Gasteiger partial charge on any atom is -0.313 e. The summed E-state index contributed by atoms with van der Waals surface area (Å²) in [5, 5.41) is 3.61. The molecule has 1 aromatic rings. The molecule has 0 saturated heterocycles. The van der Waals surface area contributed by atoms with Crippen molar-refractivity contribution in [2.75, 3.05) is 18.6 Å². The Morgan fingerprint density at radius 1 is 1.25 bits per heavy atom. The molecular formula is C14H21NS. The highest BCUT2D eigenvalue weighted by Gasteiger charge is 2.29. The second kappa shape index (κ2) is 5.74. The van der Waals surface area contributed by atoms with Gasteiger partial charge in [0, 0.05) is 18.3 Å². The lowest BCUT2D eigenvalue weighted by molar-refractivity contribution is 0.296. The van der Waals surface area contributed by atoms with Gasteiger partial charge in [0.2, 0.25) is 0 Å². The quantitative estimate of drug-likeness (QED) is 0.787. The molecule has 1 saturated carbocycles. The molecule has 88 valence electrons. The van der Waals surface area contributed by atoms with Crippen molar-refractivity contribution >= 4 is 11.8 Å². The molecule has 2 rings (SSSR count). The van der Waals surface area contributed by atoms with Crippen LogP contribution >= 0.6 is 11.8 Å². The van der Waals surface area contributed by atoms with Crippen molar-refractivity contribution in [2.24, 2.45) is 0 Å². The monoisotopic (exact) mass is 235 g/mol. The topological polar surface area (TPSA) is 12.0 Å². The minimum atomic E-state index is 0.762. The summed E-state index contributed by atoms with van der Waals surface area (Å²) in [5.74, 6) is 2.03. The third-order valence-corrected chi connectivity index (χ3v) is 4.04. The van der Waals surface area contributed by atoms with Crippen molar-refractivity contribution in [3.8, 4) is 0 Å². The van der Waals surface area contributed by atoms with Crippen LogP contribution in [-0.4, -0.2) is 24.6 Å². The summed E-state index contributed by atoms with van der Waals surface area (Å²) in [6.45, 7) is 3.31. The number of hydrogen-bond donors (Lipinski definition) is 1. The highest BCUT2D eigenvalue weighted by Crippen LogP contribution is 2.36. The lowest BCUT2D eigenvalue weighted by Gasteiger charge is -2.36. The predicted octanol–water partition coefficient (Wildman–Crippen LogP) is 3.19.